The number of carboxylic acid groups (broad SMARTS) is 1. The number of aromatic nitrogens is 3. The number of likely N-dealkylation sites (tertiary alicyclic amines) is 1. The molecule has 0 unspecified atom stereocenters. The number of fused-ring (bicyclic) bond motifs is 1. The fourth-order valence-corrected chi connectivity index (χ4v) is 2.91. The largest absolute Gasteiger partial charge is 0.490 e. The molecule has 3 heterocycles. The first kappa shape index (κ1) is 20.2. The standard InChI is InChI=1S/C15H22N4.C2HF3O2/c1-3-8-18-9-6-13(7-10-18)15-16-14-5-4-12(2)11-19(14)17-15;3-2(4,5)1(6)7/h4-5,11,13H,3,6-10H2,1-2H3;(H,6,7). The number of hydrogen-bond acceptors (Lipinski definition) is 4. The number of alkyl halides is 3. The number of pyridine rings is 1. The van der Waals surface area contributed by atoms with Gasteiger partial charge in [-0.05, 0) is 57.5 Å². The van der Waals surface area contributed by atoms with Crippen molar-refractivity contribution >= 4 is 11.6 Å². The molecule has 0 saturated carbocycles. The van der Waals surface area contributed by atoms with Crippen molar-refractivity contribution in [1.82, 2.24) is 19.5 Å². The second-order valence-electron chi connectivity index (χ2n) is 6.40. The van der Waals surface area contributed by atoms with Gasteiger partial charge >= 0.3 is 12.1 Å². The molecule has 0 atom stereocenters. The van der Waals surface area contributed by atoms with E-state index in [4.69, 9.17) is 9.90 Å². The van der Waals surface area contributed by atoms with Crippen LogP contribution in [0.4, 0.5) is 13.2 Å². The maximum Gasteiger partial charge on any atom is 0.490 e. The minimum absolute atomic E-state index is 0.535. The van der Waals surface area contributed by atoms with Gasteiger partial charge in [0.2, 0.25) is 0 Å². The lowest BCUT2D eigenvalue weighted by atomic mass is 9.96. The molecule has 2 aromatic heterocycles. The van der Waals surface area contributed by atoms with Crippen LogP contribution in [0.5, 0.6) is 0 Å². The van der Waals surface area contributed by atoms with Crippen molar-refractivity contribution in [2.45, 2.75) is 45.2 Å². The third-order valence-electron chi connectivity index (χ3n) is 4.23. The minimum atomic E-state index is -5.08. The summed E-state index contributed by atoms with van der Waals surface area (Å²) < 4.78 is 33.7. The lowest BCUT2D eigenvalue weighted by Crippen LogP contribution is -2.33. The Bertz CT molecular complexity index is 737. The molecule has 26 heavy (non-hydrogen) atoms. The number of carboxylic acids is 1. The molecule has 0 bridgehead atoms. The van der Waals surface area contributed by atoms with Crippen molar-refractivity contribution in [2.75, 3.05) is 19.6 Å². The number of rotatable bonds is 3. The topological polar surface area (TPSA) is 70.7 Å². The SMILES string of the molecule is CCCN1CCC(c2nc3ccc(C)cn3n2)CC1.O=C(O)C(F)(F)F. The first-order valence-electron chi connectivity index (χ1n) is 8.56. The third-order valence-corrected chi connectivity index (χ3v) is 4.23. The van der Waals surface area contributed by atoms with E-state index >= 15 is 0 Å². The molecule has 3 rings (SSSR count). The molecule has 0 spiro atoms. The molecular weight excluding hydrogens is 349 g/mol. The Morgan fingerprint density at radius 1 is 1.31 bits per heavy atom. The highest BCUT2D eigenvalue weighted by Crippen LogP contribution is 2.26. The lowest BCUT2D eigenvalue weighted by Gasteiger charge is -2.30. The summed E-state index contributed by atoms with van der Waals surface area (Å²) in [6.07, 6.45) is 0.598. The Balaban J connectivity index is 0.000000298. The van der Waals surface area contributed by atoms with Gasteiger partial charge in [0.25, 0.3) is 0 Å². The monoisotopic (exact) mass is 372 g/mol. The van der Waals surface area contributed by atoms with Crippen LogP contribution in [0, 0.1) is 6.92 Å². The third kappa shape index (κ3) is 5.42. The molecule has 1 fully saturated rings. The van der Waals surface area contributed by atoms with E-state index in [-0.39, 0.29) is 0 Å². The molecule has 1 aliphatic rings. The molecule has 1 aliphatic heterocycles. The van der Waals surface area contributed by atoms with Crippen LogP contribution in [0.2, 0.25) is 0 Å². The second-order valence-corrected chi connectivity index (χ2v) is 6.40. The first-order valence-corrected chi connectivity index (χ1v) is 8.56. The number of piperidine rings is 1. The zero-order valence-electron chi connectivity index (χ0n) is 14.8. The summed E-state index contributed by atoms with van der Waals surface area (Å²) in [5, 5.41) is 11.8. The summed E-state index contributed by atoms with van der Waals surface area (Å²) in [5.74, 6) is -1.19. The quantitative estimate of drug-likeness (QED) is 0.896. The van der Waals surface area contributed by atoms with Crippen molar-refractivity contribution in [1.29, 1.82) is 0 Å². The Labute approximate surface area is 149 Å². The summed E-state index contributed by atoms with van der Waals surface area (Å²) in [4.78, 5) is 16.1. The molecular formula is C17H23F3N4O2. The number of aliphatic carboxylic acids is 1. The number of hydrogen-bond donors (Lipinski definition) is 1. The highest BCUT2D eigenvalue weighted by molar-refractivity contribution is 5.73. The molecule has 2 aromatic rings. The molecule has 1 N–H and O–H groups in total. The van der Waals surface area contributed by atoms with Gasteiger partial charge in [0, 0.05) is 12.1 Å². The van der Waals surface area contributed by atoms with Crippen LogP contribution in [-0.2, 0) is 4.79 Å². The average Bonchev–Trinajstić information content (AvgIpc) is 2.98. The molecule has 0 aromatic carbocycles. The van der Waals surface area contributed by atoms with Crippen molar-refractivity contribution in [3.05, 3.63) is 29.7 Å². The van der Waals surface area contributed by atoms with E-state index in [1.807, 2.05) is 4.52 Å². The lowest BCUT2D eigenvalue weighted by molar-refractivity contribution is -0.192. The smallest absolute Gasteiger partial charge is 0.475 e. The molecule has 9 heteroatoms. The summed E-state index contributed by atoms with van der Waals surface area (Å²) >= 11 is 0. The Kier molecular flexibility index (Phi) is 6.57. The second kappa shape index (κ2) is 8.48. The van der Waals surface area contributed by atoms with Gasteiger partial charge in [-0.3, -0.25) is 0 Å². The van der Waals surface area contributed by atoms with E-state index in [0.29, 0.717) is 5.92 Å². The molecule has 0 amide bonds. The van der Waals surface area contributed by atoms with Crippen molar-refractivity contribution in [2.24, 2.45) is 0 Å². The number of aryl methyl sites for hydroxylation is 1. The van der Waals surface area contributed by atoms with Gasteiger partial charge in [0.1, 0.15) is 0 Å². The molecule has 0 radical (unpaired) electrons. The van der Waals surface area contributed by atoms with E-state index in [9.17, 15) is 13.2 Å². The summed E-state index contributed by atoms with van der Waals surface area (Å²) in [7, 11) is 0. The molecule has 0 aliphatic carbocycles. The van der Waals surface area contributed by atoms with Gasteiger partial charge in [-0.1, -0.05) is 13.0 Å². The van der Waals surface area contributed by atoms with Crippen LogP contribution in [-0.4, -0.2) is 56.4 Å². The van der Waals surface area contributed by atoms with Gasteiger partial charge in [0.15, 0.2) is 11.5 Å². The fraction of sp³-hybridized carbons (Fsp3) is 0.588. The normalized spacial score (nSPS) is 16.3. The van der Waals surface area contributed by atoms with Crippen molar-refractivity contribution in [3.63, 3.8) is 0 Å². The predicted octanol–water partition coefficient (Wildman–Crippen LogP) is 3.26. The van der Waals surface area contributed by atoms with Gasteiger partial charge in [-0.2, -0.15) is 18.3 Å². The highest BCUT2D eigenvalue weighted by atomic mass is 19.4. The van der Waals surface area contributed by atoms with Crippen LogP contribution < -0.4 is 0 Å². The Morgan fingerprint density at radius 2 is 1.92 bits per heavy atom. The van der Waals surface area contributed by atoms with E-state index < -0.39 is 12.1 Å². The Morgan fingerprint density at radius 3 is 2.46 bits per heavy atom. The maximum atomic E-state index is 10.6. The summed E-state index contributed by atoms with van der Waals surface area (Å²) in [6, 6.07) is 4.15. The van der Waals surface area contributed by atoms with Crippen molar-refractivity contribution < 1.29 is 23.1 Å². The molecule has 1 saturated heterocycles. The van der Waals surface area contributed by atoms with Crippen LogP contribution in [0.3, 0.4) is 0 Å². The van der Waals surface area contributed by atoms with Gasteiger partial charge in [0.05, 0.1) is 0 Å². The number of nitrogens with zero attached hydrogens (tertiary/aromatic N) is 4. The van der Waals surface area contributed by atoms with E-state index in [1.165, 1.54) is 44.5 Å². The number of halogens is 3. The van der Waals surface area contributed by atoms with E-state index in [0.717, 1.165) is 11.5 Å². The van der Waals surface area contributed by atoms with Crippen molar-refractivity contribution in [3.8, 4) is 0 Å². The van der Waals surface area contributed by atoms with Crippen LogP contribution in [0.25, 0.3) is 5.65 Å². The minimum Gasteiger partial charge on any atom is -0.475 e. The van der Waals surface area contributed by atoms with E-state index in [2.05, 4.69) is 47.2 Å². The average molecular weight is 372 g/mol. The van der Waals surface area contributed by atoms with Crippen LogP contribution >= 0.6 is 0 Å². The fourth-order valence-electron chi connectivity index (χ4n) is 2.91. The summed E-state index contributed by atoms with van der Waals surface area (Å²) in [6.45, 7) is 7.94. The molecule has 6 nitrogen and oxygen atoms in total. The zero-order chi connectivity index (χ0) is 19.3. The van der Waals surface area contributed by atoms with Crippen LogP contribution in [0.1, 0.15) is 43.5 Å². The molecule has 144 valence electrons. The Hall–Kier alpha value is -2.16. The zero-order valence-corrected chi connectivity index (χ0v) is 14.8. The first-order chi connectivity index (χ1) is 12.2. The van der Waals surface area contributed by atoms with Gasteiger partial charge in [-0.25, -0.2) is 14.3 Å². The van der Waals surface area contributed by atoms with E-state index in [1.54, 1.807) is 0 Å². The highest BCUT2D eigenvalue weighted by Gasteiger charge is 2.38. The van der Waals surface area contributed by atoms with Gasteiger partial charge < -0.3 is 10.0 Å². The predicted molar refractivity (Wildman–Crippen MR) is 90.1 cm³/mol. The maximum absolute atomic E-state index is 10.6. The number of carbonyl (C=O) groups is 1. The van der Waals surface area contributed by atoms with Crippen LogP contribution in [0.15, 0.2) is 18.3 Å². The van der Waals surface area contributed by atoms with Gasteiger partial charge in [-0.15, -0.1) is 0 Å². The summed E-state index contributed by atoms with van der Waals surface area (Å²) in [5.41, 5.74) is 2.19.